The molecule has 0 aliphatic heterocycles. The van der Waals surface area contributed by atoms with E-state index < -0.39 is 5.97 Å². The first-order valence-electron chi connectivity index (χ1n) is 9.06. The Balaban J connectivity index is 1.82. The number of ether oxygens (including phenoxy) is 1. The Kier molecular flexibility index (Phi) is 5.36. The van der Waals surface area contributed by atoms with Gasteiger partial charge in [-0.25, -0.2) is 9.78 Å². The van der Waals surface area contributed by atoms with Crippen LogP contribution >= 0.6 is 0 Å². The van der Waals surface area contributed by atoms with Crippen LogP contribution in [0.3, 0.4) is 0 Å². The molecule has 0 radical (unpaired) electrons. The Labute approximate surface area is 164 Å². The van der Waals surface area contributed by atoms with Gasteiger partial charge in [0.15, 0.2) is 11.6 Å². The first-order chi connectivity index (χ1) is 13.3. The highest BCUT2D eigenvalue weighted by Gasteiger charge is 2.14. The summed E-state index contributed by atoms with van der Waals surface area (Å²) in [5.74, 6) is -0.297. The second-order valence-corrected chi connectivity index (χ2v) is 7.69. The summed E-state index contributed by atoms with van der Waals surface area (Å²) in [4.78, 5) is 15.7. The van der Waals surface area contributed by atoms with Crippen molar-refractivity contribution < 1.29 is 14.6 Å². The minimum atomic E-state index is -0.992. The molecular formula is C23H24N2O3. The van der Waals surface area contributed by atoms with Gasteiger partial charge in [0, 0.05) is 11.8 Å². The fraction of sp³-hybridized carbons (Fsp3) is 0.217. The predicted octanol–water partition coefficient (Wildman–Crippen LogP) is 4.91. The topological polar surface area (TPSA) is 85.4 Å². The fourth-order valence-electron chi connectivity index (χ4n) is 2.90. The lowest BCUT2D eigenvalue weighted by Gasteiger charge is -2.19. The highest BCUT2D eigenvalue weighted by molar-refractivity contribution is 5.96. The summed E-state index contributed by atoms with van der Waals surface area (Å²) >= 11 is 0. The van der Waals surface area contributed by atoms with Gasteiger partial charge in [0.05, 0.1) is 5.56 Å². The van der Waals surface area contributed by atoms with Crippen molar-refractivity contribution in [3.8, 4) is 16.9 Å². The number of anilines is 1. The van der Waals surface area contributed by atoms with Gasteiger partial charge in [-0.3, -0.25) is 0 Å². The quantitative estimate of drug-likeness (QED) is 0.661. The number of hydrogen-bond donors (Lipinski definition) is 2. The highest BCUT2D eigenvalue weighted by Crippen LogP contribution is 2.30. The van der Waals surface area contributed by atoms with Gasteiger partial charge in [0.1, 0.15) is 6.61 Å². The zero-order chi connectivity index (χ0) is 20.3. The van der Waals surface area contributed by atoms with E-state index in [1.54, 1.807) is 36.5 Å². The van der Waals surface area contributed by atoms with Crippen LogP contribution in [-0.2, 0) is 12.0 Å². The minimum Gasteiger partial charge on any atom is -0.485 e. The van der Waals surface area contributed by atoms with Crippen molar-refractivity contribution >= 4 is 11.8 Å². The number of carboxylic acid groups (broad SMARTS) is 1. The molecule has 3 N–H and O–H groups in total. The third-order valence-corrected chi connectivity index (χ3v) is 4.56. The molecular weight excluding hydrogens is 352 g/mol. The van der Waals surface area contributed by atoms with Crippen LogP contribution < -0.4 is 10.5 Å². The maximum absolute atomic E-state index is 11.5. The molecule has 1 heterocycles. The van der Waals surface area contributed by atoms with E-state index in [1.807, 2.05) is 12.1 Å². The number of pyridine rings is 1. The summed E-state index contributed by atoms with van der Waals surface area (Å²) in [6, 6.07) is 16.8. The fourth-order valence-corrected chi connectivity index (χ4v) is 2.90. The van der Waals surface area contributed by atoms with E-state index in [4.69, 9.17) is 10.5 Å². The highest BCUT2D eigenvalue weighted by atomic mass is 16.5. The number of hydrogen-bond acceptors (Lipinski definition) is 4. The molecule has 0 aliphatic rings. The van der Waals surface area contributed by atoms with Gasteiger partial charge in [-0.1, -0.05) is 63.2 Å². The largest absolute Gasteiger partial charge is 0.485 e. The van der Waals surface area contributed by atoms with E-state index in [2.05, 4.69) is 37.9 Å². The Morgan fingerprint density at radius 1 is 1.11 bits per heavy atom. The third kappa shape index (κ3) is 4.31. The number of carboxylic acids is 1. The Morgan fingerprint density at radius 2 is 1.79 bits per heavy atom. The summed E-state index contributed by atoms with van der Waals surface area (Å²) in [5.41, 5.74) is 9.75. The van der Waals surface area contributed by atoms with E-state index in [0.29, 0.717) is 23.5 Å². The van der Waals surface area contributed by atoms with Gasteiger partial charge in [0.25, 0.3) is 0 Å². The molecule has 144 valence electrons. The molecule has 0 saturated heterocycles. The number of rotatable bonds is 5. The van der Waals surface area contributed by atoms with Crippen molar-refractivity contribution in [2.45, 2.75) is 32.8 Å². The lowest BCUT2D eigenvalue weighted by atomic mass is 9.87. The van der Waals surface area contributed by atoms with Crippen LogP contribution in [0.1, 0.15) is 42.3 Å². The summed E-state index contributed by atoms with van der Waals surface area (Å²) in [7, 11) is 0. The van der Waals surface area contributed by atoms with Crippen LogP contribution in [0, 0.1) is 0 Å². The van der Waals surface area contributed by atoms with Gasteiger partial charge in [-0.05, 0) is 34.2 Å². The SMILES string of the molecule is CC(C)(C)c1ccc(COc2cc(-c3ccccc3C(=O)O)cnc2N)cc1. The molecule has 1 aromatic heterocycles. The number of aromatic nitrogens is 1. The van der Waals surface area contributed by atoms with E-state index in [-0.39, 0.29) is 16.8 Å². The second kappa shape index (κ2) is 7.72. The zero-order valence-electron chi connectivity index (χ0n) is 16.3. The molecule has 2 aromatic carbocycles. The van der Waals surface area contributed by atoms with E-state index >= 15 is 0 Å². The maximum atomic E-state index is 11.5. The molecule has 0 fully saturated rings. The van der Waals surface area contributed by atoms with Crippen LogP contribution in [0.25, 0.3) is 11.1 Å². The lowest BCUT2D eigenvalue weighted by Crippen LogP contribution is -2.11. The third-order valence-electron chi connectivity index (χ3n) is 4.56. The molecule has 0 atom stereocenters. The number of aromatic carboxylic acids is 1. The molecule has 28 heavy (non-hydrogen) atoms. The average molecular weight is 376 g/mol. The van der Waals surface area contributed by atoms with Crippen molar-refractivity contribution in [3.63, 3.8) is 0 Å². The normalized spacial score (nSPS) is 11.2. The summed E-state index contributed by atoms with van der Waals surface area (Å²) in [6.45, 7) is 6.86. The molecule has 3 rings (SSSR count). The second-order valence-electron chi connectivity index (χ2n) is 7.69. The average Bonchev–Trinajstić information content (AvgIpc) is 2.67. The first-order valence-corrected chi connectivity index (χ1v) is 9.06. The number of nitrogens with zero attached hydrogens (tertiary/aromatic N) is 1. The number of carbonyl (C=O) groups is 1. The molecule has 3 aromatic rings. The molecule has 0 bridgehead atoms. The van der Waals surface area contributed by atoms with E-state index in [9.17, 15) is 9.90 Å². The van der Waals surface area contributed by atoms with Crippen LogP contribution in [0.15, 0.2) is 60.8 Å². The molecule has 0 unspecified atom stereocenters. The standard InChI is InChI=1S/C23H24N2O3/c1-23(2,3)17-10-8-15(9-11-17)14-28-20-12-16(13-25-21(20)24)18-6-4-5-7-19(18)22(26)27/h4-13H,14H2,1-3H3,(H2,24,25)(H,26,27). The molecule has 0 saturated carbocycles. The maximum Gasteiger partial charge on any atom is 0.336 e. The van der Waals surface area contributed by atoms with Crippen molar-refractivity contribution in [1.82, 2.24) is 4.98 Å². The molecule has 5 heteroatoms. The summed E-state index contributed by atoms with van der Waals surface area (Å²) in [5, 5.41) is 9.41. The van der Waals surface area contributed by atoms with Crippen molar-refractivity contribution in [2.24, 2.45) is 0 Å². The van der Waals surface area contributed by atoms with Crippen LogP contribution in [0.2, 0.25) is 0 Å². The minimum absolute atomic E-state index is 0.0968. The van der Waals surface area contributed by atoms with E-state index in [1.165, 1.54) is 5.56 Å². The Morgan fingerprint density at radius 3 is 2.43 bits per heavy atom. The lowest BCUT2D eigenvalue weighted by molar-refractivity contribution is 0.0697. The Bertz CT molecular complexity index is 989. The van der Waals surface area contributed by atoms with Gasteiger partial charge in [0.2, 0.25) is 0 Å². The number of nitrogens with two attached hydrogens (primary N) is 1. The molecule has 5 nitrogen and oxygen atoms in total. The van der Waals surface area contributed by atoms with Crippen LogP contribution in [0.5, 0.6) is 5.75 Å². The molecule has 0 spiro atoms. The first kappa shape index (κ1) is 19.4. The number of nitrogen functional groups attached to an aromatic ring is 1. The van der Waals surface area contributed by atoms with Gasteiger partial charge in [-0.2, -0.15) is 0 Å². The van der Waals surface area contributed by atoms with Crippen LogP contribution in [-0.4, -0.2) is 16.1 Å². The smallest absolute Gasteiger partial charge is 0.336 e. The van der Waals surface area contributed by atoms with Crippen molar-refractivity contribution in [3.05, 3.63) is 77.5 Å². The van der Waals surface area contributed by atoms with Gasteiger partial charge in [-0.15, -0.1) is 0 Å². The zero-order valence-corrected chi connectivity index (χ0v) is 16.3. The summed E-state index contributed by atoms with van der Waals surface area (Å²) < 4.78 is 5.88. The van der Waals surface area contributed by atoms with Gasteiger partial charge < -0.3 is 15.6 Å². The predicted molar refractivity (Wildman–Crippen MR) is 111 cm³/mol. The molecule has 0 amide bonds. The monoisotopic (exact) mass is 376 g/mol. The summed E-state index contributed by atoms with van der Waals surface area (Å²) in [6.07, 6.45) is 1.56. The van der Waals surface area contributed by atoms with Crippen LogP contribution in [0.4, 0.5) is 5.82 Å². The van der Waals surface area contributed by atoms with E-state index in [0.717, 1.165) is 5.56 Å². The Hall–Kier alpha value is -3.34. The number of benzene rings is 2. The van der Waals surface area contributed by atoms with Crippen molar-refractivity contribution in [1.29, 1.82) is 0 Å². The van der Waals surface area contributed by atoms with Gasteiger partial charge >= 0.3 is 5.97 Å². The van der Waals surface area contributed by atoms with Crippen molar-refractivity contribution in [2.75, 3.05) is 5.73 Å². The molecule has 0 aliphatic carbocycles.